The van der Waals surface area contributed by atoms with Crippen LogP contribution >= 0.6 is 0 Å². The van der Waals surface area contributed by atoms with Gasteiger partial charge in [0.1, 0.15) is 6.54 Å². The second-order valence-corrected chi connectivity index (χ2v) is 19.4. The Bertz CT molecular complexity index is 1220. The molecule has 0 aromatic carbocycles. The summed E-state index contributed by atoms with van der Waals surface area (Å²) in [4.78, 5) is 29.7. The Morgan fingerprint density at radius 2 is 1.45 bits per heavy atom. The molecule has 0 saturated heterocycles. The van der Waals surface area contributed by atoms with Gasteiger partial charge < -0.3 is 41.2 Å². The van der Waals surface area contributed by atoms with Gasteiger partial charge in [0.2, 0.25) is 11.8 Å². The molecular weight excluding hydrogens is 727 g/mol. The molecule has 6 N–H and O–H groups in total. The van der Waals surface area contributed by atoms with E-state index >= 15 is 0 Å². The number of amides is 2. The molecule has 0 spiro atoms. The van der Waals surface area contributed by atoms with Crippen molar-refractivity contribution in [3.8, 4) is 0 Å². The number of rotatable bonds is 28. The van der Waals surface area contributed by atoms with E-state index in [2.05, 4.69) is 39.2 Å². The predicted octanol–water partition coefficient (Wildman–Crippen LogP) is 7.71. The summed E-state index contributed by atoms with van der Waals surface area (Å²) >= 11 is 0. The number of unbranched alkanes of at least 4 members (excludes halogenated alkanes) is 5. The largest absolute Gasteiger partial charge is 0.378 e. The van der Waals surface area contributed by atoms with Crippen LogP contribution in [0.5, 0.6) is 0 Å². The molecule has 336 valence electrons. The third-order valence-corrected chi connectivity index (χ3v) is 15.8. The number of ether oxygens (including phenoxy) is 3. The Hall–Kier alpha value is -1.56. The average molecular weight is 816 g/mol. The number of hydrogen-bond donors (Lipinski definition) is 3. The summed E-state index contributed by atoms with van der Waals surface area (Å²) in [5, 5.41) is 0. The first-order valence-corrected chi connectivity index (χ1v) is 24.1. The lowest BCUT2D eigenvalue weighted by molar-refractivity contribution is -0.227. The third kappa shape index (κ3) is 12.5. The van der Waals surface area contributed by atoms with E-state index < -0.39 is 0 Å². The number of nitrogens with two attached hydrogens (primary N) is 3. The van der Waals surface area contributed by atoms with Crippen LogP contribution in [0.1, 0.15) is 150 Å². The first kappa shape index (κ1) is 49.1. The molecule has 2 amide bonds. The summed E-state index contributed by atoms with van der Waals surface area (Å²) < 4.78 is 20.5. The zero-order valence-electron chi connectivity index (χ0n) is 37.9. The third-order valence-electron chi connectivity index (χ3n) is 15.8. The molecule has 11 atom stereocenters. The van der Waals surface area contributed by atoms with Crippen molar-refractivity contribution < 1.29 is 23.8 Å². The molecule has 0 aromatic heterocycles. The van der Waals surface area contributed by atoms with Crippen LogP contribution < -0.4 is 17.2 Å². The van der Waals surface area contributed by atoms with Crippen LogP contribution in [-0.4, -0.2) is 106 Å². The van der Waals surface area contributed by atoms with E-state index in [0.717, 1.165) is 96.9 Å². The fourth-order valence-corrected chi connectivity index (χ4v) is 12.6. The number of carbonyl (C=O) groups excluding carboxylic acids is 2. The number of fused-ring (bicyclic) bond motifs is 5. The SMILES string of the molecule is C=CCN(CC(=O)N(CCCCCCCC)CCC[C@@H](C)[C@H]1CC[C@H]2C3C(OCCCN)CC4C[C@H](OCCCN)CC[C@]4(C)[C@H]3C[C@H](OCCCN)[C@]12C)C(C)=O. The summed E-state index contributed by atoms with van der Waals surface area (Å²) in [5.41, 5.74) is 18.1. The minimum atomic E-state index is -0.0853. The second-order valence-electron chi connectivity index (χ2n) is 19.4. The first-order valence-electron chi connectivity index (χ1n) is 24.1. The van der Waals surface area contributed by atoms with Gasteiger partial charge in [-0.1, -0.05) is 65.9 Å². The van der Waals surface area contributed by atoms with Gasteiger partial charge in [0, 0.05) is 51.8 Å². The molecule has 10 heteroatoms. The predicted molar refractivity (Wildman–Crippen MR) is 237 cm³/mol. The molecule has 0 aliphatic heterocycles. The molecule has 4 aliphatic rings. The maximum atomic E-state index is 13.7. The highest BCUT2D eigenvalue weighted by molar-refractivity contribution is 5.84. The van der Waals surface area contributed by atoms with Crippen molar-refractivity contribution in [1.82, 2.24) is 9.80 Å². The topological polar surface area (TPSA) is 146 Å². The fraction of sp³-hybridized carbons (Fsp3) is 0.917. The van der Waals surface area contributed by atoms with Gasteiger partial charge in [0.25, 0.3) is 0 Å². The van der Waals surface area contributed by atoms with Crippen LogP contribution in [0.2, 0.25) is 0 Å². The Morgan fingerprint density at radius 3 is 2.12 bits per heavy atom. The molecule has 3 unspecified atom stereocenters. The highest BCUT2D eigenvalue weighted by Crippen LogP contribution is 2.69. The second kappa shape index (κ2) is 24.8. The summed E-state index contributed by atoms with van der Waals surface area (Å²) in [7, 11) is 0. The zero-order valence-corrected chi connectivity index (χ0v) is 37.9. The van der Waals surface area contributed by atoms with Crippen molar-refractivity contribution in [2.24, 2.45) is 63.5 Å². The molecule has 0 aromatic rings. The molecule has 4 fully saturated rings. The fourth-order valence-electron chi connectivity index (χ4n) is 12.6. The van der Waals surface area contributed by atoms with Gasteiger partial charge in [-0.25, -0.2) is 0 Å². The van der Waals surface area contributed by atoms with Crippen LogP contribution in [0.25, 0.3) is 0 Å². The van der Waals surface area contributed by atoms with Crippen molar-refractivity contribution in [1.29, 1.82) is 0 Å². The Kier molecular flexibility index (Phi) is 21.0. The van der Waals surface area contributed by atoms with Crippen LogP contribution in [0.15, 0.2) is 12.7 Å². The summed E-state index contributed by atoms with van der Waals surface area (Å²) in [5.74, 6) is 3.16. The van der Waals surface area contributed by atoms with E-state index in [1.54, 1.807) is 17.9 Å². The first-order chi connectivity index (χ1) is 28.0. The normalized spacial score (nSPS) is 32.2. The average Bonchev–Trinajstić information content (AvgIpc) is 3.56. The van der Waals surface area contributed by atoms with E-state index in [0.29, 0.717) is 74.4 Å². The van der Waals surface area contributed by atoms with Gasteiger partial charge >= 0.3 is 0 Å². The van der Waals surface area contributed by atoms with Crippen molar-refractivity contribution in [2.75, 3.05) is 65.6 Å². The van der Waals surface area contributed by atoms with Gasteiger partial charge in [-0.3, -0.25) is 9.59 Å². The molecule has 4 rings (SSSR count). The Labute approximate surface area is 354 Å². The minimum absolute atomic E-state index is 0.0388. The number of nitrogens with zero attached hydrogens (tertiary/aromatic N) is 2. The molecule has 58 heavy (non-hydrogen) atoms. The van der Waals surface area contributed by atoms with Gasteiger partial charge in [-0.15, -0.1) is 6.58 Å². The molecule has 4 aliphatic carbocycles. The van der Waals surface area contributed by atoms with E-state index in [4.69, 9.17) is 31.4 Å². The lowest BCUT2D eigenvalue weighted by Crippen LogP contribution is -2.63. The van der Waals surface area contributed by atoms with Gasteiger partial charge in [-0.2, -0.15) is 0 Å². The Morgan fingerprint density at radius 1 is 0.793 bits per heavy atom. The summed E-state index contributed by atoms with van der Waals surface area (Å²) in [6, 6.07) is 0. The standard InChI is InChI=1S/C48H89N5O5/c1-7-9-10-11-12-13-27-52(45(55)35-53(26-8-2)37(4)54)28-14-18-36(3)40-19-20-41-46-42(34-44(48(40,41)6)58-31-17-25-51)47(5)22-21-39(56-29-15-23-49)32-38(47)33-43(46)57-30-16-24-50/h8,36,38-44,46H,2,7,9-35,49-51H2,1,3-6H3/t36-,38?,39-,40-,41+,42+,43?,44+,46?,47+,48-/m1/s1. The van der Waals surface area contributed by atoms with Gasteiger partial charge in [0.15, 0.2) is 0 Å². The Balaban J connectivity index is 1.52. The van der Waals surface area contributed by atoms with E-state index in [1.165, 1.54) is 44.9 Å². The molecular formula is C48H89N5O5. The van der Waals surface area contributed by atoms with Crippen molar-refractivity contribution in [3.63, 3.8) is 0 Å². The molecule has 4 saturated carbocycles. The molecule has 0 radical (unpaired) electrons. The number of carbonyl (C=O) groups is 2. The smallest absolute Gasteiger partial charge is 0.242 e. The molecule has 0 heterocycles. The van der Waals surface area contributed by atoms with Crippen LogP contribution in [0.4, 0.5) is 0 Å². The number of hydrogen-bond acceptors (Lipinski definition) is 8. The van der Waals surface area contributed by atoms with E-state index in [9.17, 15) is 9.59 Å². The van der Waals surface area contributed by atoms with E-state index in [1.807, 2.05) is 0 Å². The van der Waals surface area contributed by atoms with Gasteiger partial charge in [-0.05, 0) is 144 Å². The lowest BCUT2D eigenvalue weighted by atomic mass is 9.43. The molecule has 10 nitrogen and oxygen atoms in total. The van der Waals surface area contributed by atoms with Crippen LogP contribution in [-0.2, 0) is 23.8 Å². The maximum absolute atomic E-state index is 13.7. The van der Waals surface area contributed by atoms with Crippen molar-refractivity contribution in [2.45, 2.75) is 169 Å². The summed E-state index contributed by atoms with van der Waals surface area (Å²) in [6.07, 6.45) is 22.3. The monoisotopic (exact) mass is 816 g/mol. The highest BCUT2D eigenvalue weighted by atomic mass is 16.5. The highest BCUT2D eigenvalue weighted by Gasteiger charge is 2.66. The zero-order chi connectivity index (χ0) is 42.1. The lowest BCUT2D eigenvalue weighted by Gasteiger charge is -2.65. The quantitative estimate of drug-likeness (QED) is 0.0538. The molecule has 0 bridgehead atoms. The van der Waals surface area contributed by atoms with E-state index in [-0.39, 0.29) is 41.4 Å². The maximum Gasteiger partial charge on any atom is 0.242 e. The van der Waals surface area contributed by atoms with Crippen molar-refractivity contribution >= 4 is 11.8 Å². The van der Waals surface area contributed by atoms with Gasteiger partial charge in [0.05, 0.1) is 18.3 Å². The van der Waals surface area contributed by atoms with Crippen molar-refractivity contribution in [3.05, 3.63) is 12.7 Å². The van der Waals surface area contributed by atoms with Crippen LogP contribution in [0.3, 0.4) is 0 Å². The summed E-state index contributed by atoms with van der Waals surface area (Å²) in [6.45, 7) is 21.5. The minimum Gasteiger partial charge on any atom is -0.378 e. The van der Waals surface area contributed by atoms with Crippen LogP contribution in [0, 0.1) is 46.3 Å².